The van der Waals surface area contributed by atoms with Gasteiger partial charge in [0.15, 0.2) is 0 Å². The average molecular weight is 367 g/mol. The molecular formula is C20H15ClN2O3. The normalized spacial score (nSPS) is 10.7. The van der Waals surface area contributed by atoms with Crippen LogP contribution in [0.3, 0.4) is 0 Å². The van der Waals surface area contributed by atoms with Gasteiger partial charge in [-0.15, -0.1) is 0 Å². The number of amides is 2. The molecule has 1 heterocycles. The molecule has 0 atom stereocenters. The van der Waals surface area contributed by atoms with Gasteiger partial charge >= 0.3 is 0 Å². The molecule has 26 heavy (non-hydrogen) atoms. The summed E-state index contributed by atoms with van der Waals surface area (Å²) in [5.41, 5.74) is 1.48. The van der Waals surface area contributed by atoms with Gasteiger partial charge in [-0.1, -0.05) is 29.8 Å². The Bertz CT molecular complexity index is 949. The van der Waals surface area contributed by atoms with Crippen molar-refractivity contribution in [2.45, 2.75) is 0 Å². The van der Waals surface area contributed by atoms with Crippen LogP contribution < -0.4 is 10.6 Å². The van der Waals surface area contributed by atoms with Crippen LogP contribution in [0.25, 0.3) is 6.08 Å². The second-order valence-electron chi connectivity index (χ2n) is 5.35. The molecule has 0 bridgehead atoms. The van der Waals surface area contributed by atoms with E-state index >= 15 is 0 Å². The monoisotopic (exact) mass is 366 g/mol. The number of halogens is 1. The van der Waals surface area contributed by atoms with Crippen LogP contribution in [0.4, 0.5) is 11.4 Å². The molecule has 2 aromatic carbocycles. The number of rotatable bonds is 5. The molecule has 5 nitrogen and oxygen atoms in total. The second kappa shape index (κ2) is 8.18. The van der Waals surface area contributed by atoms with Crippen molar-refractivity contribution in [3.63, 3.8) is 0 Å². The average Bonchev–Trinajstić information content (AvgIpc) is 3.14. The minimum atomic E-state index is -0.322. The van der Waals surface area contributed by atoms with E-state index in [1.807, 2.05) is 0 Å². The van der Waals surface area contributed by atoms with Gasteiger partial charge in [-0.05, 0) is 48.5 Å². The standard InChI is InChI=1S/C20H15ClN2O3/c21-18-9-2-1-8-17(18)20(25)23-15-6-3-5-14(13-15)22-19(24)11-10-16-7-4-12-26-16/h1-13H,(H,22,24)(H,23,25)/b11-10+. The zero-order valence-electron chi connectivity index (χ0n) is 13.6. The highest BCUT2D eigenvalue weighted by atomic mass is 35.5. The minimum absolute atomic E-state index is 0.309. The van der Waals surface area contributed by atoms with Crippen molar-refractivity contribution in [2.24, 2.45) is 0 Å². The van der Waals surface area contributed by atoms with E-state index in [-0.39, 0.29) is 11.8 Å². The molecule has 0 unspecified atom stereocenters. The number of carbonyl (C=O) groups is 2. The van der Waals surface area contributed by atoms with E-state index in [1.165, 1.54) is 12.3 Å². The molecule has 0 aliphatic carbocycles. The third-order valence-electron chi connectivity index (χ3n) is 3.45. The Morgan fingerprint density at radius 1 is 0.923 bits per heavy atom. The van der Waals surface area contributed by atoms with Crippen molar-refractivity contribution in [1.82, 2.24) is 0 Å². The van der Waals surface area contributed by atoms with Gasteiger partial charge in [0.1, 0.15) is 5.76 Å². The summed E-state index contributed by atoms with van der Waals surface area (Å²) < 4.78 is 5.12. The number of anilines is 2. The molecule has 3 aromatic rings. The Morgan fingerprint density at radius 3 is 2.42 bits per heavy atom. The molecule has 3 rings (SSSR count). The summed E-state index contributed by atoms with van der Waals surface area (Å²) in [6.07, 6.45) is 4.47. The maximum Gasteiger partial charge on any atom is 0.257 e. The largest absolute Gasteiger partial charge is 0.465 e. The van der Waals surface area contributed by atoms with Crippen LogP contribution in [0.15, 0.2) is 77.4 Å². The van der Waals surface area contributed by atoms with Crippen molar-refractivity contribution in [3.8, 4) is 0 Å². The summed E-state index contributed by atoms with van der Waals surface area (Å²) in [5, 5.41) is 5.86. The van der Waals surface area contributed by atoms with Gasteiger partial charge in [0.05, 0.1) is 16.8 Å². The number of furan rings is 1. The molecule has 2 amide bonds. The van der Waals surface area contributed by atoms with E-state index in [9.17, 15) is 9.59 Å². The van der Waals surface area contributed by atoms with Gasteiger partial charge in [0.25, 0.3) is 5.91 Å². The third-order valence-corrected chi connectivity index (χ3v) is 3.78. The maximum absolute atomic E-state index is 12.3. The smallest absolute Gasteiger partial charge is 0.257 e. The Labute approximate surface area is 155 Å². The first kappa shape index (κ1) is 17.5. The Kier molecular flexibility index (Phi) is 5.51. The fourth-order valence-electron chi connectivity index (χ4n) is 2.25. The van der Waals surface area contributed by atoms with Crippen LogP contribution in [-0.2, 0) is 4.79 Å². The number of hydrogen-bond acceptors (Lipinski definition) is 3. The van der Waals surface area contributed by atoms with Crippen molar-refractivity contribution < 1.29 is 14.0 Å². The van der Waals surface area contributed by atoms with Gasteiger partial charge in [-0.25, -0.2) is 0 Å². The van der Waals surface area contributed by atoms with Crippen molar-refractivity contribution in [1.29, 1.82) is 0 Å². The van der Waals surface area contributed by atoms with Crippen LogP contribution in [0.5, 0.6) is 0 Å². The summed E-state index contributed by atoms with van der Waals surface area (Å²) in [5.74, 6) is -0.0475. The predicted octanol–water partition coefficient (Wildman–Crippen LogP) is 4.84. The van der Waals surface area contributed by atoms with E-state index in [1.54, 1.807) is 66.7 Å². The van der Waals surface area contributed by atoms with Crippen molar-refractivity contribution in [3.05, 3.63) is 89.3 Å². The summed E-state index contributed by atoms with van der Waals surface area (Å²) in [6, 6.07) is 17.1. The van der Waals surface area contributed by atoms with Gasteiger partial charge in [-0.3, -0.25) is 9.59 Å². The van der Waals surface area contributed by atoms with E-state index in [0.717, 1.165) is 0 Å². The number of hydrogen-bond donors (Lipinski definition) is 2. The molecule has 0 aliphatic heterocycles. The first-order valence-electron chi connectivity index (χ1n) is 7.80. The molecule has 0 spiro atoms. The lowest BCUT2D eigenvalue weighted by Crippen LogP contribution is -2.13. The number of nitrogens with one attached hydrogen (secondary N) is 2. The maximum atomic E-state index is 12.3. The highest BCUT2D eigenvalue weighted by Crippen LogP contribution is 2.19. The van der Waals surface area contributed by atoms with Gasteiger partial charge in [-0.2, -0.15) is 0 Å². The SMILES string of the molecule is O=C(/C=C/c1ccco1)Nc1cccc(NC(=O)c2ccccc2Cl)c1. The molecule has 0 aliphatic rings. The van der Waals surface area contributed by atoms with Gasteiger partial charge < -0.3 is 15.1 Å². The predicted molar refractivity (Wildman–Crippen MR) is 102 cm³/mol. The number of carbonyl (C=O) groups excluding carboxylic acids is 2. The highest BCUT2D eigenvalue weighted by Gasteiger charge is 2.10. The van der Waals surface area contributed by atoms with Crippen LogP contribution in [0, 0.1) is 0 Å². The van der Waals surface area contributed by atoms with Gasteiger partial charge in [0, 0.05) is 17.5 Å². The van der Waals surface area contributed by atoms with E-state index in [4.69, 9.17) is 16.0 Å². The fraction of sp³-hybridized carbons (Fsp3) is 0. The Hall–Kier alpha value is -3.31. The van der Waals surface area contributed by atoms with Crippen molar-refractivity contribution >= 4 is 40.9 Å². The zero-order chi connectivity index (χ0) is 18.4. The lowest BCUT2D eigenvalue weighted by atomic mass is 10.2. The fourth-order valence-corrected chi connectivity index (χ4v) is 2.47. The lowest BCUT2D eigenvalue weighted by Gasteiger charge is -2.09. The first-order chi connectivity index (χ1) is 12.6. The van der Waals surface area contributed by atoms with Crippen molar-refractivity contribution in [2.75, 3.05) is 10.6 Å². The third kappa shape index (κ3) is 4.62. The molecule has 0 saturated carbocycles. The summed E-state index contributed by atoms with van der Waals surface area (Å²) in [7, 11) is 0. The van der Waals surface area contributed by atoms with Crippen LogP contribution in [0.1, 0.15) is 16.1 Å². The molecule has 0 radical (unpaired) electrons. The van der Waals surface area contributed by atoms with E-state index < -0.39 is 0 Å². The summed E-state index contributed by atoms with van der Waals surface area (Å²) in [4.78, 5) is 24.3. The molecule has 2 N–H and O–H groups in total. The molecule has 6 heteroatoms. The number of benzene rings is 2. The summed E-state index contributed by atoms with van der Waals surface area (Å²) >= 11 is 6.03. The molecule has 1 aromatic heterocycles. The van der Waals surface area contributed by atoms with Crippen LogP contribution in [-0.4, -0.2) is 11.8 Å². The zero-order valence-corrected chi connectivity index (χ0v) is 14.4. The minimum Gasteiger partial charge on any atom is -0.465 e. The van der Waals surface area contributed by atoms with Crippen LogP contribution >= 0.6 is 11.6 Å². The Balaban J connectivity index is 1.65. The molecular weight excluding hydrogens is 352 g/mol. The first-order valence-corrected chi connectivity index (χ1v) is 8.18. The molecule has 0 saturated heterocycles. The molecule has 0 fully saturated rings. The second-order valence-corrected chi connectivity index (χ2v) is 5.76. The van der Waals surface area contributed by atoms with Gasteiger partial charge in [0.2, 0.25) is 5.91 Å². The Morgan fingerprint density at radius 2 is 1.69 bits per heavy atom. The topological polar surface area (TPSA) is 71.3 Å². The van der Waals surface area contributed by atoms with Crippen LogP contribution in [0.2, 0.25) is 5.02 Å². The molecule has 130 valence electrons. The van der Waals surface area contributed by atoms with E-state index in [2.05, 4.69) is 10.6 Å². The summed E-state index contributed by atoms with van der Waals surface area (Å²) in [6.45, 7) is 0. The van der Waals surface area contributed by atoms with E-state index in [0.29, 0.717) is 27.7 Å². The quantitative estimate of drug-likeness (QED) is 0.635. The lowest BCUT2D eigenvalue weighted by molar-refractivity contribution is -0.111. The highest BCUT2D eigenvalue weighted by molar-refractivity contribution is 6.34.